The minimum Gasteiger partial charge on any atom is -0.497 e. The molecule has 0 unspecified atom stereocenters. The van der Waals surface area contributed by atoms with E-state index in [1.807, 2.05) is 24.3 Å². The van der Waals surface area contributed by atoms with Gasteiger partial charge in [-0.1, -0.05) is 17.3 Å². The number of piperidine rings is 1. The van der Waals surface area contributed by atoms with Gasteiger partial charge in [-0.05, 0) is 44.4 Å². The molecular weight excluding hydrogens is 382 g/mol. The summed E-state index contributed by atoms with van der Waals surface area (Å²) >= 11 is 0. The molecule has 2 heterocycles. The number of amides is 1. The first-order chi connectivity index (χ1) is 13.3. The third kappa shape index (κ3) is 4.20. The summed E-state index contributed by atoms with van der Waals surface area (Å²) < 4.78 is 37.4. The molecule has 1 amide bonds. The van der Waals surface area contributed by atoms with Crippen LogP contribution in [-0.2, 0) is 21.4 Å². The highest BCUT2D eigenvalue weighted by atomic mass is 32.2. The predicted molar refractivity (Wildman–Crippen MR) is 102 cm³/mol. The average molecular weight is 407 g/mol. The van der Waals surface area contributed by atoms with Crippen LogP contribution < -0.4 is 10.1 Å². The number of ether oxygens (including phenoxy) is 1. The van der Waals surface area contributed by atoms with Crippen LogP contribution >= 0.6 is 0 Å². The molecule has 1 aliphatic rings. The largest absolute Gasteiger partial charge is 0.497 e. The van der Waals surface area contributed by atoms with Gasteiger partial charge >= 0.3 is 0 Å². The monoisotopic (exact) mass is 407 g/mol. The van der Waals surface area contributed by atoms with Crippen LogP contribution in [0.2, 0.25) is 0 Å². The normalized spacial score (nSPS) is 18.0. The van der Waals surface area contributed by atoms with Crippen LogP contribution in [0, 0.1) is 19.8 Å². The Balaban J connectivity index is 1.64. The summed E-state index contributed by atoms with van der Waals surface area (Å²) in [6.07, 6.45) is 1.28. The van der Waals surface area contributed by atoms with Gasteiger partial charge in [0, 0.05) is 19.6 Å². The van der Waals surface area contributed by atoms with E-state index in [2.05, 4.69) is 10.5 Å². The highest BCUT2D eigenvalue weighted by Crippen LogP contribution is 2.27. The van der Waals surface area contributed by atoms with Gasteiger partial charge in [-0.25, -0.2) is 8.42 Å². The summed E-state index contributed by atoms with van der Waals surface area (Å²) in [4.78, 5) is 12.7. The molecule has 1 aliphatic heterocycles. The van der Waals surface area contributed by atoms with Crippen molar-refractivity contribution in [3.05, 3.63) is 41.3 Å². The predicted octanol–water partition coefficient (Wildman–Crippen LogP) is 2.02. The van der Waals surface area contributed by atoms with E-state index in [4.69, 9.17) is 9.26 Å². The molecular formula is C19H25N3O5S. The van der Waals surface area contributed by atoms with Gasteiger partial charge in [0.1, 0.15) is 16.3 Å². The van der Waals surface area contributed by atoms with Gasteiger partial charge in [0.05, 0.1) is 13.0 Å². The summed E-state index contributed by atoms with van der Waals surface area (Å²) in [6.45, 7) is 4.10. The van der Waals surface area contributed by atoms with Crippen molar-refractivity contribution in [3.63, 3.8) is 0 Å². The number of nitrogens with zero attached hydrogens (tertiary/aromatic N) is 2. The molecule has 0 saturated carbocycles. The molecule has 28 heavy (non-hydrogen) atoms. The number of hydrogen-bond donors (Lipinski definition) is 1. The maximum Gasteiger partial charge on any atom is 0.248 e. The van der Waals surface area contributed by atoms with Gasteiger partial charge in [0.2, 0.25) is 15.9 Å². The summed E-state index contributed by atoms with van der Waals surface area (Å²) in [7, 11) is -2.14. The van der Waals surface area contributed by atoms with Crippen molar-refractivity contribution >= 4 is 15.9 Å². The molecule has 2 aromatic rings. The lowest BCUT2D eigenvalue weighted by Gasteiger charge is -2.31. The molecule has 152 valence electrons. The van der Waals surface area contributed by atoms with E-state index in [0.717, 1.165) is 11.3 Å². The fourth-order valence-electron chi connectivity index (χ4n) is 3.42. The van der Waals surface area contributed by atoms with Crippen LogP contribution in [-0.4, -0.2) is 44.0 Å². The Kier molecular flexibility index (Phi) is 6.04. The molecule has 0 spiro atoms. The van der Waals surface area contributed by atoms with E-state index < -0.39 is 10.0 Å². The first kappa shape index (κ1) is 20.3. The summed E-state index contributed by atoms with van der Waals surface area (Å²) in [5.41, 5.74) is 1.29. The molecule has 3 rings (SSSR count). The molecule has 1 saturated heterocycles. The quantitative estimate of drug-likeness (QED) is 0.786. The zero-order valence-electron chi connectivity index (χ0n) is 16.3. The number of carbonyl (C=O) groups excluding carboxylic acids is 1. The lowest BCUT2D eigenvalue weighted by atomic mass is 9.99. The second-order valence-corrected chi connectivity index (χ2v) is 8.80. The Labute approximate surface area is 164 Å². The van der Waals surface area contributed by atoms with Crippen molar-refractivity contribution < 1.29 is 22.5 Å². The summed E-state index contributed by atoms with van der Waals surface area (Å²) in [5, 5.41) is 6.64. The van der Waals surface area contributed by atoms with Crippen molar-refractivity contribution in [2.45, 2.75) is 38.1 Å². The highest BCUT2D eigenvalue weighted by Gasteiger charge is 2.36. The number of methoxy groups -OCH3 is 1. The van der Waals surface area contributed by atoms with Gasteiger partial charge < -0.3 is 14.6 Å². The molecule has 0 radical (unpaired) electrons. The minimum absolute atomic E-state index is 0.104. The second-order valence-electron chi connectivity index (χ2n) is 6.92. The molecule has 1 N–H and O–H groups in total. The van der Waals surface area contributed by atoms with Gasteiger partial charge in [-0.2, -0.15) is 4.31 Å². The van der Waals surface area contributed by atoms with Crippen molar-refractivity contribution in [2.24, 2.45) is 5.92 Å². The Hall–Kier alpha value is -2.39. The average Bonchev–Trinajstić information content (AvgIpc) is 3.05. The van der Waals surface area contributed by atoms with E-state index in [-0.39, 0.29) is 29.0 Å². The number of aromatic nitrogens is 1. The lowest BCUT2D eigenvalue weighted by molar-refractivity contribution is -0.126. The first-order valence-corrected chi connectivity index (χ1v) is 10.6. The van der Waals surface area contributed by atoms with Crippen LogP contribution in [0.1, 0.15) is 29.9 Å². The summed E-state index contributed by atoms with van der Waals surface area (Å²) in [6, 6.07) is 7.43. The zero-order chi connectivity index (χ0) is 20.3. The lowest BCUT2D eigenvalue weighted by Crippen LogP contribution is -2.45. The van der Waals surface area contributed by atoms with E-state index >= 15 is 0 Å². The van der Waals surface area contributed by atoms with Crippen molar-refractivity contribution in [1.29, 1.82) is 0 Å². The van der Waals surface area contributed by atoms with Crippen molar-refractivity contribution in [1.82, 2.24) is 14.8 Å². The smallest absolute Gasteiger partial charge is 0.248 e. The molecule has 8 nitrogen and oxygen atoms in total. The molecule has 1 fully saturated rings. The number of sulfonamides is 1. The van der Waals surface area contributed by atoms with E-state index in [9.17, 15) is 13.2 Å². The van der Waals surface area contributed by atoms with E-state index in [0.29, 0.717) is 31.6 Å². The molecule has 0 bridgehead atoms. The fraction of sp³-hybridized carbons (Fsp3) is 0.474. The van der Waals surface area contributed by atoms with E-state index in [1.54, 1.807) is 21.0 Å². The maximum absolute atomic E-state index is 13.0. The van der Waals surface area contributed by atoms with Crippen LogP contribution in [0.4, 0.5) is 0 Å². The zero-order valence-corrected chi connectivity index (χ0v) is 17.1. The Morgan fingerprint density at radius 2 is 2.04 bits per heavy atom. The Morgan fingerprint density at radius 3 is 2.64 bits per heavy atom. The first-order valence-electron chi connectivity index (χ1n) is 9.16. The number of rotatable bonds is 6. The van der Waals surface area contributed by atoms with E-state index in [1.165, 1.54) is 4.31 Å². The number of nitrogens with one attached hydrogen (secondary N) is 1. The SMILES string of the molecule is COc1ccc(CNC(=O)[C@@H]2CCCN(S(=O)(=O)c3c(C)noc3C)C2)cc1. The van der Waals surface area contributed by atoms with Gasteiger partial charge in [-0.3, -0.25) is 4.79 Å². The fourth-order valence-corrected chi connectivity index (χ4v) is 5.24. The number of carbonyl (C=O) groups is 1. The molecule has 1 atom stereocenters. The molecule has 1 aromatic heterocycles. The van der Waals surface area contributed by atoms with Gasteiger partial charge in [0.25, 0.3) is 0 Å². The van der Waals surface area contributed by atoms with Crippen molar-refractivity contribution in [3.8, 4) is 5.75 Å². The van der Waals surface area contributed by atoms with Crippen LogP contribution in [0.5, 0.6) is 5.75 Å². The second kappa shape index (κ2) is 8.32. The van der Waals surface area contributed by atoms with Gasteiger partial charge in [-0.15, -0.1) is 0 Å². The number of benzene rings is 1. The topological polar surface area (TPSA) is 102 Å². The minimum atomic E-state index is -3.74. The maximum atomic E-state index is 13.0. The Bertz CT molecular complexity index is 917. The standard InChI is InChI=1S/C19H25N3O5S/c1-13-18(14(2)27-21-13)28(24,25)22-10-4-5-16(12-22)19(23)20-11-15-6-8-17(26-3)9-7-15/h6-9,16H,4-5,10-12H2,1-3H3,(H,20,23)/t16-/m1/s1. The van der Waals surface area contributed by atoms with Crippen LogP contribution in [0.25, 0.3) is 0 Å². The highest BCUT2D eigenvalue weighted by molar-refractivity contribution is 7.89. The number of aryl methyl sites for hydroxylation is 2. The molecule has 0 aliphatic carbocycles. The summed E-state index contributed by atoms with van der Waals surface area (Å²) in [5.74, 6) is 0.489. The molecule has 9 heteroatoms. The molecule has 1 aromatic carbocycles. The Morgan fingerprint density at radius 1 is 1.32 bits per heavy atom. The van der Waals surface area contributed by atoms with Crippen LogP contribution in [0.3, 0.4) is 0 Å². The van der Waals surface area contributed by atoms with Gasteiger partial charge in [0.15, 0.2) is 5.76 Å². The third-order valence-electron chi connectivity index (χ3n) is 4.95. The van der Waals surface area contributed by atoms with Crippen molar-refractivity contribution in [2.75, 3.05) is 20.2 Å². The third-order valence-corrected chi connectivity index (χ3v) is 7.06. The van der Waals surface area contributed by atoms with Crippen LogP contribution in [0.15, 0.2) is 33.7 Å². The number of hydrogen-bond acceptors (Lipinski definition) is 6.